The maximum Gasteiger partial charge on any atom is 0.235 e. The second kappa shape index (κ2) is 5.55. The Morgan fingerprint density at radius 1 is 1.33 bits per heavy atom. The molecule has 0 fully saturated rings. The first-order valence-electron chi connectivity index (χ1n) is 6.11. The fraction of sp³-hybridized carbons (Fsp3) is 0.500. The van der Waals surface area contributed by atoms with Crippen LogP contribution in [0.5, 0.6) is 5.75 Å². The summed E-state index contributed by atoms with van der Waals surface area (Å²) < 4.78 is 5.40. The minimum atomic E-state index is 0.283. The van der Waals surface area contributed by atoms with Crippen molar-refractivity contribution in [3.8, 4) is 5.75 Å². The molecule has 2 rings (SSSR count). The van der Waals surface area contributed by atoms with E-state index < -0.39 is 0 Å². The molecule has 0 bridgehead atoms. The van der Waals surface area contributed by atoms with Gasteiger partial charge in [-0.05, 0) is 49.3 Å². The second-order valence-electron chi connectivity index (χ2n) is 4.52. The van der Waals surface area contributed by atoms with Gasteiger partial charge in [-0.1, -0.05) is 11.6 Å². The molecule has 0 spiro atoms. The molecule has 0 aromatic heterocycles. The van der Waals surface area contributed by atoms with Crippen molar-refractivity contribution in [2.24, 2.45) is 4.99 Å². The van der Waals surface area contributed by atoms with Crippen LogP contribution < -0.4 is 4.74 Å². The molecule has 0 heterocycles. The first-order chi connectivity index (χ1) is 8.70. The van der Waals surface area contributed by atoms with Crippen molar-refractivity contribution < 1.29 is 9.53 Å². The highest BCUT2D eigenvalue weighted by Crippen LogP contribution is 2.41. The number of rotatable bonds is 3. The van der Waals surface area contributed by atoms with Crippen LogP contribution in [-0.4, -0.2) is 13.2 Å². The average molecular weight is 266 g/mol. The summed E-state index contributed by atoms with van der Waals surface area (Å²) in [7, 11) is 1.60. The summed E-state index contributed by atoms with van der Waals surface area (Å²) in [5.74, 6) is 0.661. The van der Waals surface area contributed by atoms with Gasteiger partial charge in [0, 0.05) is 5.56 Å². The third-order valence-electron chi connectivity index (χ3n) is 3.62. The highest BCUT2D eigenvalue weighted by molar-refractivity contribution is 6.33. The number of benzene rings is 1. The molecular weight excluding hydrogens is 250 g/mol. The Labute approximate surface area is 112 Å². The number of hydrogen-bond donors (Lipinski definition) is 0. The fourth-order valence-corrected chi connectivity index (χ4v) is 3.10. The Hall–Kier alpha value is -1.31. The maximum absolute atomic E-state index is 10.3. The molecular formula is C14H16ClNO2. The lowest BCUT2D eigenvalue weighted by molar-refractivity contribution is 0.408. The van der Waals surface area contributed by atoms with Gasteiger partial charge < -0.3 is 4.74 Å². The van der Waals surface area contributed by atoms with E-state index in [0.717, 1.165) is 24.0 Å². The SMILES string of the molecule is COc1c(Cl)c2c(c(C)c1CN=C=O)CCCC2. The Morgan fingerprint density at radius 3 is 2.61 bits per heavy atom. The lowest BCUT2D eigenvalue weighted by Gasteiger charge is -2.24. The zero-order chi connectivity index (χ0) is 13.1. The smallest absolute Gasteiger partial charge is 0.235 e. The zero-order valence-electron chi connectivity index (χ0n) is 10.7. The first kappa shape index (κ1) is 13.1. The highest BCUT2D eigenvalue weighted by Gasteiger charge is 2.22. The molecule has 0 unspecified atom stereocenters. The zero-order valence-corrected chi connectivity index (χ0v) is 11.4. The van der Waals surface area contributed by atoms with Gasteiger partial charge in [0.25, 0.3) is 0 Å². The predicted molar refractivity (Wildman–Crippen MR) is 71.2 cm³/mol. The van der Waals surface area contributed by atoms with Crippen molar-refractivity contribution >= 4 is 17.7 Å². The van der Waals surface area contributed by atoms with Gasteiger partial charge in [-0.25, -0.2) is 9.79 Å². The van der Waals surface area contributed by atoms with E-state index in [1.165, 1.54) is 24.0 Å². The van der Waals surface area contributed by atoms with Gasteiger partial charge >= 0.3 is 0 Å². The van der Waals surface area contributed by atoms with Crippen molar-refractivity contribution in [1.82, 2.24) is 0 Å². The van der Waals surface area contributed by atoms with Gasteiger partial charge in [0.05, 0.1) is 18.7 Å². The van der Waals surface area contributed by atoms with Crippen molar-refractivity contribution in [1.29, 1.82) is 0 Å². The van der Waals surface area contributed by atoms with Crippen LogP contribution in [0.2, 0.25) is 5.02 Å². The lowest BCUT2D eigenvalue weighted by Crippen LogP contribution is -2.10. The summed E-state index contributed by atoms with van der Waals surface area (Å²) in [6.45, 7) is 2.34. The van der Waals surface area contributed by atoms with Gasteiger partial charge in [-0.3, -0.25) is 0 Å². The quantitative estimate of drug-likeness (QED) is 0.621. The Bertz CT molecular complexity index is 519. The number of aliphatic imine (C=N–C) groups is 1. The molecule has 4 heteroatoms. The van der Waals surface area contributed by atoms with Gasteiger partial charge in [0.2, 0.25) is 6.08 Å². The van der Waals surface area contributed by atoms with E-state index in [0.29, 0.717) is 10.8 Å². The molecule has 0 saturated carbocycles. The summed E-state index contributed by atoms with van der Waals surface area (Å²) >= 11 is 6.42. The third kappa shape index (κ3) is 2.16. The molecule has 1 aliphatic rings. The summed E-state index contributed by atoms with van der Waals surface area (Å²) in [6, 6.07) is 0. The Kier molecular flexibility index (Phi) is 4.05. The van der Waals surface area contributed by atoms with Crippen LogP contribution >= 0.6 is 11.6 Å². The number of ether oxygens (including phenoxy) is 1. The maximum atomic E-state index is 10.3. The predicted octanol–water partition coefficient (Wildman–Crippen LogP) is 3.37. The molecule has 18 heavy (non-hydrogen) atoms. The van der Waals surface area contributed by atoms with E-state index in [2.05, 4.69) is 11.9 Å². The van der Waals surface area contributed by atoms with Crippen molar-refractivity contribution in [3.05, 3.63) is 27.3 Å². The molecule has 0 radical (unpaired) electrons. The summed E-state index contributed by atoms with van der Waals surface area (Å²) in [5.41, 5.74) is 4.58. The van der Waals surface area contributed by atoms with Crippen LogP contribution in [-0.2, 0) is 24.2 Å². The van der Waals surface area contributed by atoms with Gasteiger partial charge in [-0.2, -0.15) is 0 Å². The van der Waals surface area contributed by atoms with E-state index in [-0.39, 0.29) is 6.54 Å². The van der Waals surface area contributed by atoms with E-state index in [1.807, 2.05) is 0 Å². The minimum Gasteiger partial charge on any atom is -0.495 e. The number of nitrogens with zero attached hydrogens (tertiary/aromatic N) is 1. The number of fused-ring (bicyclic) bond motifs is 1. The third-order valence-corrected chi connectivity index (χ3v) is 4.02. The first-order valence-corrected chi connectivity index (χ1v) is 6.48. The molecule has 96 valence electrons. The summed E-state index contributed by atoms with van der Waals surface area (Å²) in [5, 5.41) is 0.689. The monoisotopic (exact) mass is 265 g/mol. The number of halogens is 1. The number of carbonyl (C=O) groups excluding carboxylic acids is 1. The van der Waals surface area contributed by atoms with Gasteiger partial charge in [0.1, 0.15) is 5.75 Å². The standard InChI is InChI=1S/C14H16ClNO2/c1-9-10-5-3-4-6-11(10)13(15)14(18-2)12(9)7-16-8-17/h3-7H2,1-2H3. The molecule has 0 N–H and O–H groups in total. The van der Waals surface area contributed by atoms with Gasteiger partial charge in [0.15, 0.2) is 0 Å². The molecule has 1 aromatic carbocycles. The largest absolute Gasteiger partial charge is 0.495 e. The van der Waals surface area contributed by atoms with Gasteiger partial charge in [-0.15, -0.1) is 0 Å². The van der Waals surface area contributed by atoms with E-state index in [1.54, 1.807) is 13.2 Å². The summed E-state index contributed by atoms with van der Waals surface area (Å²) in [4.78, 5) is 14.0. The van der Waals surface area contributed by atoms with Crippen LogP contribution in [0.15, 0.2) is 4.99 Å². The molecule has 0 saturated heterocycles. The number of isocyanates is 1. The number of hydrogen-bond acceptors (Lipinski definition) is 3. The molecule has 1 aliphatic carbocycles. The van der Waals surface area contributed by atoms with Crippen LogP contribution in [0.25, 0.3) is 0 Å². The van der Waals surface area contributed by atoms with Crippen molar-refractivity contribution in [2.75, 3.05) is 7.11 Å². The molecule has 0 aliphatic heterocycles. The van der Waals surface area contributed by atoms with Crippen LogP contribution in [0.3, 0.4) is 0 Å². The summed E-state index contributed by atoms with van der Waals surface area (Å²) in [6.07, 6.45) is 5.97. The highest BCUT2D eigenvalue weighted by atomic mass is 35.5. The minimum absolute atomic E-state index is 0.283. The van der Waals surface area contributed by atoms with Crippen LogP contribution in [0, 0.1) is 6.92 Å². The molecule has 1 aromatic rings. The van der Waals surface area contributed by atoms with Crippen molar-refractivity contribution in [3.63, 3.8) is 0 Å². The Morgan fingerprint density at radius 2 is 2.00 bits per heavy atom. The van der Waals surface area contributed by atoms with E-state index >= 15 is 0 Å². The normalized spacial score (nSPS) is 13.7. The molecule has 0 atom stereocenters. The van der Waals surface area contributed by atoms with E-state index in [9.17, 15) is 4.79 Å². The van der Waals surface area contributed by atoms with E-state index in [4.69, 9.17) is 16.3 Å². The Balaban J connectivity index is 2.64. The van der Waals surface area contributed by atoms with Crippen LogP contribution in [0.4, 0.5) is 0 Å². The van der Waals surface area contributed by atoms with Crippen LogP contribution in [0.1, 0.15) is 35.1 Å². The number of methoxy groups -OCH3 is 1. The molecule has 3 nitrogen and oxygen atoms in total. The second-order valence-corrected chi connectivity index (χ2v) is 4.90. The topological polar surface area (TPSA) is 38.7 Å². The fourth-order valence-electron chi connectivity index (χ4n) is 2.70. The average Bonchev–Trinajstić information content (AvgIpc) is 2.41. The molecule has 0 amide bonds. The lowest BCUT2D eigenvalue weighted by atomic mass is 9.86. The van der Waals surface area contributed by atoms with Crippen molar-refractivity contribution in [2.45, 2.75) is 39.2 Å².